The van der Waals surface area contributed by atoms with Crippen molar-refractivity contribution in [2.45, 2.75) is 13.3 Å². The number of nitrogens with two attached hydrogens (primary N) is 1. The fourth-order valence-corrected chi connectivity index (χ4v) is 1.57. The summed E-state index contributed by atoms with van der Waals surface area (Å²) in [5.41, 5.74) is 6.97. The highest BCUT2D eigenvalue weighted by molar-refractivity contribution is 6.33. The molecule has 0 aliphatic heterocycles. The summed E-state index contributed by atoms with van der Waals surface area (Å²) in [6.45, 7) is 3.20. The van der Waals surface area contributed by atoms with Crippen molar-refractivity contribution in [3.8, 4) is 11.5 Å². The molecule has 0 aliphatic carbocycles. The molecule has 0 saturated carbocycles. The van der Waals surface area contributed by atoms with Gasteiger partial charge in [0, 0.05) is 18.6 Å². The highest BCUT2D eigenvalue weighted by atomic mass is 35.5. The first-order valence-corrected chi connectivity index (χ1v) is 6.04. The summed E-state index contributed by atoms with van der Waals surface area (Å²) in [5.74, 6) is 1.05. The van der Waals surface area contributed by atoms with Crippen molar-refractivity contribution < 1.29 is 9.26 Å². The van der Waals surface area contributed by atoms with Gasteiger partial charge in [-0.3, -0.25) is 0 Å². The molecule has 18 heavy (non-hydrogen) atoms. The van der Waals surface area contributed by atoms with Crippen molar-refractivity contribution in [2.24, 2.45) is 0 Å². The van der Waals surface area contributed by atoms with Crippen LogP contribution in [-0.2, 0) is 11.2 Å². The zero-order chi connectivity index (χ0) is 13.0. The average molecular weight is 268 g/mol. The normalized spacial score (nSPS) is 10.8. The molecule has 2 rings (SSSR count). The maximum absolute atomic E-state index is 5.85. The summed E-state index contributed by atoms with van der Waals surface area (Å²) in [7, 11) is 0. The molecule has 0 fully saturated rings. The van der Waals surface area contributed by atoms with Crippen LogP contribution in [0.5, 0.6) is 0 Å². The van der Waals surface area contributed by atoms with E-state index in [1.165, 1.54) is 0 Å². The van der Waals surface area contributed by atoms with Crippen LogP contribution in [0.4, 0.5) is 5.69 Å². The molecule has 0 aliphatic rings. The Kier molecular flexibility index (Phi) is 4.17. The quantitative estimate of drug-likeness (QED) is 0.666. The molecule has 0 radical (unpaired) electrons. The van der Waals surface area contributed by atoms with Crippen molar-refractivity contribution in [1.29, 1.82) is 0 Å². The summed E-state index contributed by atoms with van der Waals surface area (Å²) in [6, 6.07) is 5.21. The van der Waals surface area contributed by atoms with E-state index in [1.54, 1.807) is 18.2 Å². The lowest BCUT2D eigenvalue weighted by Crippen LogP contribution is -1.99. The minimum atomic E-state index is 0.435. The number of aromatic nitrogens is 2. The summed E-state index contributed by atoms with van der Waals surface area (Å²) in [4.78, 5) is 4.27. The SMILES string of the molecule is CCOCCc1noc(-c2ccc(Cl)c(N)c2)n1. The van der Waals surface area contributed by atoms with Gasteiger partial charge in [-0.1, -0.05) is 16.8 Å². The fraction of sp³-hybridized carbons (Fsp3) is 0.333. The number of nitrogens with zero attached hydrogens (tertiary/aromatic N) is 2. The van der Waals surface area contributed by atoms with Crippen molar-refractivity contribution in [1.82, 2.24) is 10.1 Å². The van der Waals surface area contributed by atoms with Crippen molar-refractivity contribution in [3.63, 3.8) is 0 Å². The van der Waals surface area contributed by atoms with Crippen molar-refractivity contribution in [2.75, 3.05) is 18.9 Å². The van der Waals surface area contributed by atoms with Crippen molar-refractivity contribution in [3.05, 3.63) is 29.0 Å². The molecule has 0 bridgehead atoms. The van der Waals surface area contributed by atoms with Gasteiger partial charge in [0.2, 0.25) is 0 Å². The molecule has 6 heteroatoms. The minimum absolute atomic E-state index is 0.435. The van der Waals surface area contributed by atoms with Gasteiger partial charge in [-0.25, -0.2) is 0 Å². The molecule has 0 atom stereocenters. The van der Waals surface area contributed by atoms with Crippen molar-refractivity contribution >= 4 is 17.3 Å². The predicted octanol–water partition coefficient (Wildman–Crippen LogP) is 2.55. The standard InChI is InChI=1S/C12H14ClN3O2/c1-2-17-6-5-11-15-12(18-16-11)8-3-4-9(13)10(14)7-8/h3-4,7H,2,5-6,14H2,1H3. The summed E-state index contributed by atoms with van der Waals surface area (Å²) in [6.07, 6.45) is 0.625. The van der Waals surface area contributed by atoms with Gasteiger partial charge in [0.1, 0.15) is 0 Å². The molecule has 5 nitrogen and oxygen atoms in total. The Labute approximate surface area is 110 Å². The zero-order valence-corrected chi connectivity index (χ0v) is 10.8. The monoisotopic (exact) mass is 267 g/mol. The Morgan fingerprint density at radius 2 is 2.28 bits per heavy atom. The predicted molar refractivity (Wildman–Crippen MR) is 69.4 cm³/mol. The van der Waals surface area contributed by atoms with Crippen LogP contribution >= 0.6 is 11.6 Å². The molecular formula is C12H14ClN3O2. The van der Waals surface area contributed by atoms with Crippen LogP contribution in [-0.4, -0.2) is 23.4 Å². The molecule has 2 N–H and O–H groups in total. The van der Waals surface area contributed by atoms with Gasteiger partial charge in [-0.15, -0.1) is 0 Å². The average Bonchev–Trinajstić information content (AvgIpc) is 2.82. The molecule has 1 heterocycles. The molecule has 0 saturated heterocycles. The topological polar surface area (TPSA) is 74.2 Å². The maximum Gasteiger partial charge on any atom is 0.257 e. The zero-order valence-electron chi connectivity index (χ0n) is 10.0. The number of hydrogen-bond donors (Lipinski definition) is 1. The lowest BCUT2D eigenvalue weighted by atomic mass is 10.2. The molecule has 1 aromatic heterocycles. The summed E-state index contributed by atoms with van der Waals surface area (Å²) < 4.78 is 10.4. The van der Waals surface area contributed by atoms with Gasteiger partial charge in [-0.2, -0.15) is 4.98 Å². The number of benzene rings is 1. The van der Waals surface area contributed by atoms with Crippen LogP contribution < -0.4 is 5.73 Å². The Morgan fingerprint density at radius 3 is 3.00 bits per heavy atom. The summed E-state index contributed by atoms with van der Waals surface area (Å²) in [5, 5.41) is 4.39. The molecule has 0 amide bonds. The number of ether oxygens (including phenoxy) is 1. The number of anilines is 1. The second-order valence-electron chi connectivity index (χ2n) is 3.70. The Bertz CT molecular complexity index is 528. The van der Waals surface area contributed by atoms with Crippen LogP contribution in [0.15, 0.2) is 22.7 Å². The maximum atomic E-state index is 5.85. The lowest BCUT2D eigenvalue weighted by Gasteiger charge is -1.99. The molecule has 0 spiro atoms. The first-order valence-electron chi connectivity index (χ1n) is 5.66. The molecule has 2 aromatic rings. The van der Waals surface area contributed by atoms with Gasteiger partial charge in [0.25, 0.3) is 5.89 Å². The third-order valence-corrected chi connectivity index (χ3v) is 2.73. The van der Waals surface area contributed by atoms with E-state index >= 15 is 0 Å². The van der Waals surface area contributed by atoms with Crippen LogP contribution in [0, 0.1) is 0 Å². The van der Waals surface area contributed by atoms with Gasteiger partial charge < -0.3 is 15.0 Å². The van der Waals surface area contributed by atoms with Gasteiger partial charge in [-0.05, 0) is 25.1 Å². The van der Waals surface area contributed by atoms with Gasteiger partial charge in [0.05, 0.1) is 17.3 Å². The smallest absolute Gasteiger partial charge is 0.257 e. The van der Waals surface area contributed by atoms with Crippen LogP contribution in [0.25, 0.3) is 11.5 Å². The molecule has 1 aromatic carbocycles. The van der Waals surface area contributed by atoms with E-state index in [1.807, 2.05) is 6.92 Å². The van der Waals surface area contributed by atoms with E-state index in [0.717, 1.165) is 5.56 Å². The van der Waals surface area contributed by atoms with Crippen LogP contribution in [0.3, 0.4) is 0 Å². The molecule has 0 unspecified atom stereocenters. The van der Waals surface area contributed by atoms with E-state index in [9.17, 15) is 0 Å². The second kappa shape index (κ2) is 5.84. The number of nitrogen functional groups attached to an aromatic ring is 1. The molecular weight excluding hydrogens is 254 g/mol. The second-order valence-corrected chi connectivity index (χ2v) is 4.11. The van der Waals surface area contributed by atoms with E-state index in [-0.39, 0.29) is 0 Å². The van der Waals surface area contributed by atoms with E-state index < -0.39 is 0 Å². The Hall–Kier alpha value is -1.59. The molecule has 96 valence electrons. The van der Waals surface area contributed by atoms with Gasteiger partial charge in [0.15, 0.2) is 5.82 Å². The largest absolute Gasteiger partial charge is 0.398 e. The Balaban J connectivity index is 2.11. The third-order valence-electron chi connectivity index (χ3n) is 2.39. The van der Waals surface area contributed by atoms with E-state index in [2.05, 4.69) is 10.1 Å². The fourth-order valence-electron chi connectivity index (χ4n) is 1.46. The van der Waals surface area contributed by atoms with Gasteiger partial charge >= 0.3 is 0 Å². The van der Waals surface area contributed by atoms with Crippen LogP contribution in [0.1, 0.15) is 12.7 Å². The minimum Gasteiger partial charge on any atom is -0.398 e. The van der Waals surface area contributed by atoms with Crippen LogP contribution in [0.2, 0.25) is 5.02 Å². The first kappa shape index (κ1) is 12.9. The van der Waals surface area contributed by atoms with E-state index in [4.69, 9.17) is 26.6 Å². The highest BCUT2D eigenvalue weighted by Gasteiger charge is 2.09. The highest BCUT2D eigenvalue weighted by Crippen LogP contribution is 2.25. The van der Waals surface area contributed by atoms with E-state index in [0.29, 0.717) is 42.1 Å². The lowest BCUT2D eigenvalue weighted by molar-refractivity contribution is 0.149. The Morgan fingerprint density at radius 1 is 1.44 bits per heavy atom. The first-order chi connectivity index (χ1) is 8.70. The number of halogens is 1. The number of hydrogen-bond acceptors (Lipinski definition) is 5. The number of rotatable bonds is 5. The summed E-state index contributed by atoms with van der Waals surface area (Å²) >= 11 is 5.85. The third kappa shape index (κ3) is 3.00.